The third-order valence-electron chi connectivity index (χ3n) is 4.45. The fourth-order valence-electron chi connectivity index (χ4n) is 2.93. The summed E-state index contributed by atoms with van der Waals surface area (Å²) in [5, 5.41) is 12.6. The molecule has 7 nitrogen and oxygen atoms in total. The van der Waals surface area contributed by atoms with E-state index in [1.165, 1.54) is 20.8 Å². The van der Waals surface area contributed by atoms with Crippen molar-refractivity contribution < 1.29 is 0 Å². The van der Waals surface area contributed by atoms with Gasteiger partial charge in [-0.15, -0.1) is 10.2 Å². The van der Waals surface area contributed by atoms with Crippen LogP contribution in [0.2, 0.25) is 0 Å². The van der Waals surface area contributed by atoms with Crippen LogP contribution in [-0.2, 0) is 6.54 Å². The average Bonchev–Trinajstić information content (AvgIpc) is 3.11. The Kier molecular flexibility index (Phi) is 4.27. The zero-order valence-electron chi connectivity index (χ0n) is 15.5. The Hall–Kier alpha value is -3.35. The molecule has 0 aliphatic carbocycles. The number of nitrogens with zero attached hydrogens (tertiary/aromatic N) is 6. The fraction of sp³-hybridized carbons (Fsp3) is 0.250. The first kappa shape index (κ1) is 17.1. The van der Waals surface area contributed by atoms with Gasteiger partial charge >= 0.3 is 0 Å². The third-order valence-corrected chi connectivity index (χ3v) is 4.45. The average molecular weight is 360 g/mol. The minimum Gasteiger partial charge on any atom is -0.269 e. The Morgan fingerprint density at radius 3 is 2.59 bits per heavy atom. The number of rotatable bonds is 4. The van der Waals surface area contributed by atoms with Gasteiger partial charge in [-0.05, 0) is 35.2 Å². The molecule has 7 heteroatoms. The predicted molar refractivity (Wildman–Crippen MR) is 103 cm³/mol. The Morgan fingerprint density at radius 1 is 1.07 bits per heavy atom. The van der Waals surface area contributed by atoms with E-state index in [1.807, 2.05) is 31.2 Å². The number of hydrogen-bond donors (Lipinski definition) is 0. The summed E-state index contributed by atoms with van der Waals surface area (Å²) in [5.41, 5.74) is 4.26. The van der Waals surface area contributed by atoms with Crippen LogP contribution in [0.5, 0.6) is 0 Å². The number of hydrogen-bond acceptors (Lipinski definition) is 5. The first-order valence-electron chi connectivity index (χ1n) is 8.87. The molecule has 0 radical (unpaired) electrons. The molecule has 0 saturated heterocycles. The van der Waals surface area contributed by atoms with E-state index < -0.39 is 0 Å². The minimum absolute atomic E-state index is 0.122. The molecule has 0 N–H and O–H groups in total. The van der Waals surface area contributed by atoms with Crippen molar-refractivity contribution >= 4 is 5.65 Å². The van der Waals surface area contributed by atoms with Crippen molar-refractivity contribution in [1.29, 1.82) is 0 Å². The molecule has 1 aromatic carbocycles. The third kappa shape index (κ3) is 3.48. The molecular weight excluding hydrogens is 340 g/mol. The highest BCUT2D eigenvalue weighted by Crippen LogP contribution is 2.19. The van der Waals surface area contributed by atoms with Crippen LogP contribution in [-0.4, -0.2) is 29.6 Å². The van der Waals surface area contributed by atoms with Crippen molar-refractivity contribution in [3.63, 3.8) is 0 Å². The lowest BCUT2D eigenvalue weighted by atomic mass is 10.0. The minimum atomic E-state index is -0.122. The SMILES string of the molecule is Cc1ccc2nc(Cn3nnc(-c4ccc(C(C)C)cc4)n3)cc(=O)n2c1. The van der Waals surface area contributed by atoms with Gasteiger partial charge in [-0.2, -0.15) is 4.80 Å². The number of benzene rings is 1. The van der Waals surface area contributed by atoms with Crippen LogP contribution in [0.25, 0.3) is 17.0 Å². The summed E-state index contributed by atoms with van der Waals surface area (Å²) < 4.78 is 1.54. The Bertz CT molecular complexity index is 1160. The molecular formula is C20H20N6O. The van der Waals surface area contributed by atoms with Gasteiger partial charge in [-0.3, -0.25) is 9.20 Å². The largest absolute Gasteiger partial charge is 0.269 e. The monoisotopic (exact) mass is 360 g/mol. The second kappa shape index (κ2) is 6.75. The summed E-state index contributed by atoms with van der Waals surface area (Å²) in [4.78, 5) is 18.3. The Balaban J connectivity index is 1.60. The van der Waals surface area contributed by atoms with E-state index in [2.05, 4.69) is 46.4 Å². The standard InChI is InChI=1S/C20H20N6O/c1-13(2)15-5-7-16(8-6-15)20-22-24-26(23-20)12-17-10-19(27)25-11-14(3)4-9-18(25)21-17/h4-11,13H,12H2,1-3H3. The second-order valence-electron chi connectivity index (χ2n) is 6.94. The summed E-state index contributed by atoms with van der Waals surface area (Å²) in [7, 11) is 0. The molecule has 0 atom stereocenters. The molecule has 0 amide bonds. The first-order valence-corrected chi connectivity index (χ1v) is 8.87. The Morgan fingerprint density at radius 2 is 1.85 bits per heavy atom. The lowest BCUT2D eigenvalue weighted by molar-refractivity contribution is 0.564. The van der Waals surface area contributed by atoms with Crippen molar-refractivity contribution in [1.82, 2.24) is 29.6 Å². The molecule has 3 heterocycles. The van der Waals surface area contributed by atoms with Gasteiger partial charge in [0, 0.05) is 17.8 Å². The smallest absolute Gasteiger partial charge is 0.258 e. The highest BCUT2D eigenvalue weighted by Gasteiger charge is 2.09. The number of aryl methyl sites for hydroxylation is 1. The zero-order valence-corrected chi connectivity index (χ0v) is 15.5. The molecule has 0 unspecified atom stereocenters. The molecule has 27 heavy (non-hydrogen) atoms. The highest BCUT2D eigenvalue weighted by molar-refractivity contribution is 5.54. The van der Waals surface area contributed by atoms with Crippen molar-refractivity contribution in [3.8, 4) is 11.4 Å². The van der Waals surface area contributed by atoms with E-state index in [0.29, 0.717) is 23.1 Å². The molecule has 3 aromatic heterocycles. The maximum atomic E-state index is 12.3. The van der Waals surface area contributed by atoms with Gasteiger partial charge in [-0.25, -0.2) is 4.98 Å². The van der Waals surface area contributed by atoms with E-state index in [-0.39, 0.29) is 12.1 Å². The van der Waals surface area contributed by atoms with Crippen LogP contribution in [0.1, 0.15) is 36.6 Å². The van der Waals surface area contributed by atoms with E-state index >= 15 is 0 Å². The van der Waals surface area contributed by atoms with Crippen LogP contribution in [0.4, 0.5) is 0 Å². The lowest BCUT2D eigenvalue weighted by Crippen LogP contribution is -2.17. The summed E-state index contributed by atoms with van der Waals surface area (Å²) in [6.07, 6.45) is 1.78. The van der Waals surface area contributed by atoms with E-state index in [1.54, 1.807) is 6.20 Å². The van der Waals surface area contributed by atoms with Crippen LogP contribution >= 0.6 is 0 Å². The highest BCUT2D eigenvalue weighted by atomic mass is 16.1. The second-order valence-corrected chi connectivity index (χ2v) is 6.94. The number of tetrazole rings is 1. The topological polar surface area (TPSA) is 78.0 Å². The van der Waals surface area contributed by atoms with Gasteiger partial charge in [0.1, 0.15) is 12.2 Å². The lowest BCUT2D eigenvalue weighted by Gasteiger charge is -2.05. The van der Waals surface area contributed by atoms with Gasteiger partial charge in [0.25, 0.3) is 5.56 Å². The maximum absolute atomic E-state index is 12.3. The molecule has 0 bridgehead atoms. The van der Waals surface area contributed by atoms with Gasteiger partial charge in [0.2, 0.25) is 5.82 Å². The molecule has 136 valence electrons. The molecule has 0 fully saturated rings. The number of fused-ring (bicyclic) bond motifs is 1. The van der Waals surface area contributed by atoms with Gasteiger partial charge < -0.3 is 0 Å². The van der Waals surface area contributed by atoms with Crippen LogP contribution < -0.4 is 5.56 Å². The maximum Gasteiger partial charge on any atom is 0.258 e. The molecule has 0 aliphatic heterocycles. The Labute approximate surface area is 156 Å². The zero-order chi connectivity index (χ0) is 19.0. The van der Waals surface area contributed by atoms with Crippen molar-refractivity contribution in [2.24, 2.45) is 0 Å². The molecule has 0 spiro atoms. The normalized spacial score (nSPS) is 11.4. The van der Waals surface area contributed by atoms with E-state index in [4.69, 9.17) is 0 Å². The number of aromatic nitrogens is 6. The van der Waals surface area contributed by atoms with Crippen molar-refractivity contribution in [3.05, 3.63) is 75.8 Å². The summed E-state index contributed by atoms with van der Waals surface area (Å²) in [6, 6.07) is 13.4. The first-order chi connectivity index (χ1) is 13.0. The van der Waals surface area contributed by atoms with E-state index in [0.717, 1.165) is 11.1 Å². The number of pyridine rings is 1. The van der Waals surface area contributed by atoms with Gasteiger partial charge in [0.05, 0.1) is 5.69 Å². The molecule has 0 aliphatic rings. The molecule has 4 rings (SSSR count). The summed E-state index contributed by atoms with van der Waals surface area (Å²) in [6.45, 7) is 6.54. The van der Waals surface area contributed by atoms with Gasteiger partial charge in [0.15, 0.2) is 0 Å². The predicted octanol–water partition coefficient (Wildman–Crippen LogP) is 2.83. The van der Waals surface area contributed by atoms with E-state index in [9.17, 15) is 4.79 Å². The summed E-state index contributed by atoms with van der Waals surface area (Å²) in [5.74, 6) is 1.03. The quantitative estimate of drug-likeness (QED) is 0.559. The van der Waals surface area contributed by atoms with Gasteiger partial charge in [-0.1, -0.05) is 44.2 Å². The van der Waals surface area contributed by atoms with Crippen molar-refractivity contribution in [2.45, 2.75) is 33.2 Å². The van der Waals surface area contributed by atoms with Crippen LogP contribution in [0, 0.1) is 6.92 Å². The van der Waals surface area contributed by atoms with Crippen LogP contribution in [0.3, 0.4) is 0 Å². The van der Waals surface area contributed by atoms with Crippen LogP contribution in [0.15, 0.2) is 53.5 Å². The molecule has 0 saturated carbocycles. The summed E-state index contributed by atoms with van der Waals surface area (Å²) >= 11 is 0. The molecule has 4 aromatic rings. The van der Waals surface area contributed by atoms with Crippen molar-refractivity contribution in [2.75, 3.05) is 0 Å². The fourth-order valence-corrected chi connectivity index (χ4v) is 2.93.